The number of rotatable bonds is 7. The van der Waals surface area contributed by atoms with Gasteiger partial charge in [-0.15, -0.1) is 0 Å². The van der Waals surface area contributed by atoms with Crippen LogP contribution in [0, 0.1) is 20.2 Å². The highest BCUT2D eigenvalue weighted by atomic mass is 16.6. The molecule has 0 bridgehead atoms. The molecule has 1 amide bonds. The summed E-state index contributed by atoms with van der Waals surface area (Å²) in [6.07, 6.45) is 0.963. The highest BCUT2D eigenvalue weighted by Gasteiger charge is 2.28. The van der Waals surface area contributed by atoms with E-state index in [1.807, 2.05) is 0 Å². The van der Waals surface area contributed by atoms with Crippen LogP contribution in [0.25, 0.3) is 0 Å². The number of benzene rings is 1. The predicted molar refractivity (Wildman–Crippen MR) is 86.8 cm³/mol. The summed E-state index contributed by atoms with van der Waals surface area (Å²) in [5.41, 5.74) is -1.25. The number of ether oxygens (including phenoxy) is 1. The fraction of sp³-hybridized carbons (Fsp3) is 0.286. The van der Waals surface area contributed by atoms with Crippen molar-refractivity contribution < 1.29 is 19.4 Å². The maximum Gasteiger partial charge on any atom is 0.320 e. The summed E-state index contributed by atoms with van der Waals surface area (Å²) in [4.78, 5) is 33.3. The van der Waals surface area contributed by atoms with E-state index < -0.39 is 21.4 Å². The number of nitro groups is 2. The van der Waals surface area contributed by atoms with Gasteiger partial charge in [-0.25, -0.2) is 0 Å². The van der Waals surface area contributed by atoms with Crippen molar-refractivity contribution in [1.29, 1.82) is 0 Å². The minimum atomic E-state index is -0.863. The van der Waals surface area contributed by atoms with Crippen LogP contribution in [-0.4, -0.2) is 32.1 Å². The van der Waals surface area contributed by atoms with E-state index in [1.165, 1.54) is 18.2 Å². The van der Waals surface area contributed by atoms with Gasteiger partial charge in [0.05, 0.1) is 22.5 Å². The molecule has 0 aliphatic carbocycles. The van der Waals surface area contributed by atoms with Crippen LogP contribution in [0.2, 0.25) is 0 Å². The number of nitro benzene ring substituents is 1. The zero-order valence-corrected chi connectivity index (χ0v) is 13.5. The van der Waals surface area contributed by atoms with Gasteiger partial charge in [-0.3, -0.25) is 29.7 Å². The van der Waals surface area contributed by atoms with E-state index in [9.17, 15) is 25.0 Å². The molecule has 0 aliphatic rings. The third kappa shape index (κ3) is 3.71. The third-order valence-corrected chi connectivity index (χ3v) is 3.26. The van der Waals surface area contributed by atoms with Crippen molar-refractivity contribution >= 4 is 23.0 Å². The van der Waals surface area contributed by atoms with Crippen molar-refractivity contribution in [3.8, 4) is 5.75 Å². The molecule has 0 aliphatic heterocycles. The summed E-state index contributed by atoms with van der Waals surface area (Å²) in [6.45, 7) is 3.94. The number of hydrogen-bond donors (Lipinski definition) is 1. The lowest BCUT2D eigenvalue weighted by Gasteiger charge is -2.09. The van der Waals surface area contributed by atoms with Crippen molar-refractivity contribution in [2.24, 2.45) is 0 Å². The van der Waals surface area contributed by atoms with E-state index in [-0.39, 0.29) is 29.4 Å². The fourth-order valence-corrected chi connectivity index (χ4v) is 2.19. The summed E-state index contributed by atoms with van der Waals surface area (Å²) in [5.74, 6) is -0.588. The Morgan fingerprint density at radius 3 is 2.48 bits per heavy atom. The number of carbonyl (C=O) groups excluding carboxylic acids is 1. The molecule has 0 fully saturated rings. The van der Waals surface area contributed by atoms with E-state index >= 15 is 0 Å². The van der Waals surface area contributed by atoms with Crippen molar-refractivity contribution in [3.63, 3.8) is 0 Å². The number of aromatic nitrogens is 2. The zero-order valence-electron chi connectivity index (χ0n) is 13.5. The van der Waals surface area contributed by atoms with E-state index in [1.54, 1.807) is 13.8 Å². The normalized spacial score (nSPS) is 10.3. The fourth-order valence-electron chi connectivity index (χ4n) is 2.19. The SMILES string of the molecule is CCOc1ccc(NC(=O)c2c([N+](=O)[O-])cnn2CC)c([N+](=O)[O-])c1. The van der Waals surface area contributed by atoms with Gasteiger partial charge < -0.3 is 10.1 Å². The van der Waals surface area contributed by atoms with Crippen LogP contribution >= 0.6 is 0 Å². The standard InChI is InChI=1S/C14H15N5O6/c1-3-17-13(12(8-15-17)19(23)24)14(20)16-10-6-5-9(25-4-2)7-11(10)18(21)22/h5-8H,3-4H2,1-2H3,(H,16,20). The molecule has 0 saturated heterocycles. The Kier molecular flexibility index (Phi) is 5.27. The lowest BCUT2D eigenvalue weighted by Crippen LogP contribution is -2.19. The molecule has 0 radical (unpaired) electrons. The molecule has 0 spiro atoms. The molecular weight excluding hydrogens is 334 g/mol. The summed E-state index contributed by atoms with van der Waals surface area (Å²) in [7, 11) is 0. The molecule has 1 heterocycles. The first-order valence-electron chi connectivity index (χ1n) is 7.31. The van der Waals surface area contributed by atoms with Gasteiger partial charge in [-0.1, -0.05) is 0 Å². The zero-order chi connectivity index (χ0) is 18.6. The van der Waals surface area contributed by atoms with Gasteiger partial charge in [-0.2, -0.15) is 5.10 Å². The Morgan fingerprint density at radius 1 is 1.24 bits per heavy atom. The number of hydrogen-bond acceptors (Lipinski definition) is 7. The molecular formula is C14H15N5O6. The molecule has 1 aromatic carbocycles. The molecule has 1 aromatic heterocycles. The maximum absolute atomic E-state index is 12.4. The second-order valence-corrected chi connectivity index (χ2v) is 4.77. The number of amides is 1. The maximum atomic E-state index is 12.4. The highest BCUT2D eigenvalue weighted by Crippen LogP contribution is 2.30. The second kappa shape index (κ2) is 7.38. The molecule has 25 heavy (non-hydrogen) atoms. The summed E-state index contributed by atoms with van der Waals surface area (Å²) in [6, 6.07) is 3.93. The predicted octanol–water partition coefficient (Wildman–Crippen LogP) is 2.37. The molecule has 132 valence electrons. The summed E-state index contributed by atoms with van der Waals surface area (Å²) >= 11 is 0. The molecule has 2 aromatic rings. The van der Waals surface area contributed by atoms with Crippen molar-refractivity contribution in [2.45, 2.75) is 20.4 Å². The van der Waals surface area contributed by atoms with Crippen LogP contribution in [-0.2, 0) is 6.54 Å². The Labute approximate surface area is 141 Å². The monoisotopic (exact) mass is 349 g/mol. The van der Waals surface area contributed by atoms with E-state index in [4.69, 9.17) is 4.74 Å². The number of carbonyl (C=O) groups is 1. The summed E-state index contributed by atoms with van der Waals surface area (Å²) in [5, 5.41) is 28.4. The first-order chi connectivity index (χ1) is 11.9. The average molecular weight is 349 g/mol. The Hall–Kier alpha value is -3.50. The van der Waals surface area contributed by atoms with Gasteiger partial charge >= 0.3 is 5.69 Å². The van der Waals surface area contributed by atoms with Gasteiger partial charge in [0.2, 0.25) is 5.69 Å². The smallest absolute Gasteiger partial charge is 0.320 e. The van der Waals surface area contributed by atoms with E-state index in [2.05, 4.69) is 10.4 Å². The second-order valence-electron chi connectivity index (χ2n) is 4.77. The number of aryl methyl sites for hydroxylation is 1. The first-order valence-corrected chi connectivity index (χ1v) is 7.31. The quantitative estimate of drug-likeness (QED) is 0.597. The van der Waals surface area contributed by atoms with Gasteiger partial charge in [0.1, 0.15) is 17.6 Å². The first kappa shape index (κ1) is 17.8. The van der Waals surface area contributed by atoms with Gasteiger partial charge in [0.25, 0.3) is 11.6 Å². The van der Waals surface area contributed by atoms with Gasteiger partial charge in [0, 0.05) is 6.54 Å². The third-order valence-electron chi connectivity index (χ3n) is 3.26. The Morgan fingerprint density at radius 2 is 1.92 bits per heavy atom. The molecule has 0 saturated carbocycles. The van der Waals surface area contributed by atoms with Crippen LogP contribution in [0.15, 0.2) is 24.4 Å². The Balaban J connectivity index is 2.40. The molecule has 0 atom stereocenters. The highest BCUT2D eigenvalue weighted by molar-refractivity contribution is 6.06. The van der Waals surface area contributed by atoms with Crippen LogP contribution in [0.5, 0.6) is 5.75 Å². The van der Waals surface area contributed by atoms with E-state index in [0.717, 1.165) is 10.9 Å². The van der Waals surface area contributed by atoms with Crippen molar-refractivity contribution in [2.75, 3.05) is 11.9 Å². The molecule has 2 rings (SSSR count). The minimum Gasteiger partial charge on any atom is -0.494 e. The van der Waals surface area contributed by atoms with Gasteiger partial charge in [0.15, 0.2) is 0 Å². The average Bonchev–Trinajstić information content (AvgIpc) is 3.00. The Bertz CT molecular complexity index is 831. The van der Waals surface area contributed by atoms with Crippen LogP contribution in [0.3, 0.4) is 0 Å². The van der Waals surface area contributed by atoms with Crippen LogP contribution in [0.4, 0.5) is 17.1 Å². The largest absolute Gasteiger partial charge is 0.494 e. The lowest BCUT2D eigenvalue weighted by molar-refractivity contribution is -0.385. The number of nitrogens with zero attached hydrogens (tertiary/aromatic N) is 4. The van der Waals surface area contributed by atoms with Crippen molar-refractivity contribution in [3.05, 3.63) is 50.3 Å². The van der Waals surface area contributed by atoms with E-state index in [0.29, 0.717) is 6.61 Å². The molecule has 0 unspecified atom stereocenters. The molecule has 1 N–H and O–H groups in total. The number of nitrogens with one attached hydrogen (secondary N) is 1. The molecule has 11 nitrogen and oxygen atoms in total. The minimum absolute atomic E-state index is 0.100. The number of anilines is 1. The van der Waals surface area contributed by atoms with Gasteiger partial charge in [-0.05, 0) is 26.0 Å². The van der Waals surface area contributed by atoms with Crippen LogP contribution < -0.4 is 10.1 Å². The summed E-state index contributed by atoms with van der Waals surface area (Å²) < 4.78 is 6.34. The van der Waals surface area contributed by atoms with Crippen molar-refractivity contribution in [1.82, 2.24) is 9.78 Å². The molecule has 11 heteroatoms. The topological polar surface area (TPSA) is 142 Å². The lowest BCUT2D eigenvalue weighted by atomic mass is 10.2. The van der Waals surface area contributed by atoms with Crippen LogP contribution in [0.1, 0.15) is 24.3 Å².